The molecule has 28 heavy (non-hydrogen) atoms. The highest BCUT2D eigenvalue weighted by Crippen LogP contribution is 2.28. The quantitative estimate of drug-likeness (QED) is 0.327. The van der Waals surface area contributed by atoms with Crippen LogP contribution in [0.2, 0.25) is 0 Å². The molecule has 0 saturated carbocycles. The van der Waals surface area contributed by atoms with E-state index in [1.165, 1.54) is 0 Å². The summed E-state index contributed by atoms with van der Waals surface area (Å²) in [5, 5.41) is 14.0. The number of benzene rings is 3. The van der Waals surface area contributed by atoms with E-state index in [1.807, 2.05) is 30.3 Å². The number of H-pyrrole nitrogens is 1. The Labute approximate surface area is 169 Å². The molecule has 138 valence electrons. The number of hydrazone groups is 1. The number of halogens is 1. The second-order valence-corrected chi connectivity index (χ2v) is 7.00. The van der Waals surface area contributed by atoms with Gasteiger partial charge < -0.3 is 10.1 Å². The van der Waals surface area contributed by atoms with E-state index in [0.717, 1.165) is 10.0 Å². The van der Waals surface area contributed by atoms with Gasteiger partial charge in [0.2, 0.25) is 0 Å². The molecule has 1 amide bonds. The van der Waals surface area contributed by atoms with Crippen LogP contribution in [-0.4, -0.2) is 27.2 Å². The van der Waals surface area contributed by atoms with Gasteiger partial charge in [0.05, 0.1) is 22.8 Å². The molecule has 0 aliphatic carbocycles. The summed E-state index contributed by atoms with van der Waals surface area (Å²) in [7, 11) is 0. The molecule has 0 saturated heterocycles. The molecule has 3 N–H and O–H groups in total. The van der Waals surface area contributed by atoms with Crippen LogP contribution in [0.5, 0.6) is 5.75 Å². The fourth-order valence-electron chi connectivity index (χ4n) is 2.77. The van der Waals surface area contributed by atoms with Crippen molar-refractivity contribution in [3.8, 4) is 17.1 Å². The predicted octanol–water partition coefficient (Wildman–Crippen LogP) is 4.46. The third-order valence-electron chi connectivity index (χ3n) is 4.13. The fourth-order valence-corrected chi connectivity index (χ4v) is 3.19. The number of imidazole rings is 1. The molecule has 6 nitrogen and oxygen atoms in total. The first kappa shape index (κ1) is 17.9. The van der Waals surface area contributed by atoms with Crippen LogP contribution in [0.1, 0.15) is 15.9 Å². The summed E-state index contributed by atoms with van der Waals surface area (Å²) >= 11 is 3.39. The zero-order valence-corrected chi connectivity index (χ0v) is 16.1. The number of para-hydroxylation sites is 1. The smallest absolute Gasteiger partial charge is 0.271 e. The molecule has 0 unspecified atom stereocenters. The lowest BCUT2D eigenvalue weighted by Crippen LogP contribution is -2.17. The van der Waals surface area contributed by atoms with Crippen LogP contribution in [0.3, 0.4) is 0 Å². The van der Waals surface area contributed by atoms with Crippen molar-refractivity contribution < 1.29 is 9.90 Å². The predicted molar refractivity (Wildman–Crippen MR) is 112 cm³/mol. The minimum atomic E-state index is -0.327. The van der Waals surface area contributed by atoms with E-state index < -0.39 is 0 Å². The van der Waals surface area contributed by atoms with E-state index in [4.69, 9.17) is 0 Å². The second kappa shape index (κ2) is 7.66. The van der Waals surface area contributed by atoms with Crippen molar-refractivity contribution in [1.29, 1.82) is 0 Å². The summed E-state index contributed by atoms with van der Waals surface area (Å²) in [6.07, 6.45) is 1.58. The van der Waals surface area contributed by atoms with E-state index in [-0.39, 0.29) is 11.7 Å². The fraction of sp³-hybridized carbons (Fsp3) is 0. The van der Waals surface area contributed by atoms with Crippen molar-refractivity contribution in [3.63, 3.8) is 0 Å². The highest BCUT2D eigenvalue weighted by molar-refractivity contribution is 9.10. The number of aromatic hydroxyl groups is 1. The molecule has 0 aliphatic rings. The number of hydrogen-bond acceptors (Lipinski definition) is 4. The molecular weight excluding hydrogens is 420 g/mol. The maximum Gasteiger partial charge on any atom is 0.271 e. The standard InChI is InChI=1S/C21H15BrN4O2/c22-15-5-3-4-13(10-15)12-23-26-21(28)14-8-9-17-18(11-14)25-20(24-17)16-6-1-2-7-19(16)27/h1-12,27H,(H,24,25)(H,26,28)/b23-12+. The van der Waals surface area contributed by atoms with Crippen LogP contribution in [0.25, 0.3) is 22.4 Å². The van der Waals surface area contributed by atoms with Crippen molar-refractivity contribution in [2.24, 2.45) is 5.10 Å². The largest absolute Gasteiger partial charge is 0.507 e. The first-order valence-corrected chi connectivity index (χ1v) is 9.26. The Morgan fingerprint density at radius 2 is 1.96 bits per heavy atom. The van der Waals surface area contributed by atoms with E-state index in [2.05, 4.69) is 36.4 Å². The Balaban J connectivity index is 1.54. The van der Waals surface area contributed by atoms with Gasteiger partial charge in [-0.25, -0.2) is 10.4 Å². The molecule has 7 heteroatoms. The Kier molecular flexibility index (Phi) is 4.90. The highest BCUT2D eigenvalue weighted by Gasteiger charge is 2.11. The van der Waals surface area contributed by atoms with E-state index in [0.29, 0.717) is 28.0 Å². The molecule has 1 aromatic heterocycles. The van der Waals surface area contributed by atoms with E-state index >= 15 is 0 Å². The van der Waals surface area contributed by atoms with E-state index in [1.54, 1.807) is 42.6 Å². The lowest BCUT2D eigenvalue weighted by Gasteiger charge is -2.00. The minimum absolute atomic E-state index is 0.140. The van der Waals surface area contributed by atoms with Crippen LogP contribution in [0, 0.1) is 0 Å². The van der Waals surface area contributed by atoms with Gasteiger partial charge in [-0.1, -0.05) is 40.2 Å². The van der Waals surface area contributed by atoms with Crippen molar-refractivity contribution in [3.05, 3.63) is 82.3 Å². The number of hydrogen-bond donors (Lipinski definition) is 3. The number of phenolic OH excluding ortho intramolecular Hbond substituents is 1. The number of phenols is 1. The first-order valence-electron chi connectivity index (χ1n) is 8.47. The van der Waals surface area contributed by atoms with Crippen LogP contribution in [0.4, 0.5) is 0 Å². The van der Waals surface area contributed by atoms with Crippen LogP contribution < -0.4 is 5.43 Å². The average molecular weight is 435 g/mol. The number of aromatic nitrogens is 2. The summed E-state index contributed by atoms with van der Waals surface area (Å²) in [6.45, 7) is 0. The van der Waals surface area contributed by atoms with Crippen LogP contribution in [-0.2, 0) is 0 Å². The number of amides is 1. The molecule has 0 bridgehead atoms. The Bertz CT molecular complexity index is 1200. The molecule has 1 heterocycles. The highest BCUT2D eigenvalue weighted by atomic mass is 79.9. The summed E-state index contributed by atoms with van der Waals surface area (Å²) < 4.78 is 0.938. The van der Waals surface area contributed by atoms with Crippen LogP contribution in [0.15, 0.2) is 76.3 Å². The maximum atomic E-state index is 12.4. The summed E-state index contributed by atoms with van der Waals surface area (Å²) in [5.74, 6) is 0.353. The molecule has 0 atom stereocenters. The van der Waals surface area contributed by atoms with Gasteiger partial charge in [-0.05, 0) is 48.0 Å². The third kappa shape index (κ3) is 3.79. The summed E-state index contributed by atoms with van der Waals surface area (Å²) in [6, 6.07) is 19.7. The van der Waals surface area contributed by atoms with Crippen molar-refractivity contribution in [1.82, 2.24) is 15.4 Å². The summed E-state index contributed by atoms with van der Waals surface area (Å²) in [5.41, 5.74) is 5.83. The van der Waals surface area contributed by atoms with Gasteiger partial charge in [0, 0.05) is 10.0 Å². The molecule has 0 radical (unpaired) electrons. The average Bonchev–Trinajstić information content (AvgIpc) is 3.11. The minimum Gasteiger partial charge on any atom is -0.507 e. The van der Waals surface area contributed by atoms with Gasteiger partial charge in [0.25, 0.3) is 5.91 Å². The molecular formula is C21H15BrN4O2. The Hall–Kier alpha value is -3.45. The van der Waals surface area contributed by atoms with E-state index in [9.17, 15) is 9.90 Å². The van der Waals surface area contributed by atoms with Gasteiger partial charge in [-0.2, -0.15) is 5.10 Å². The molecule has 0 aliphatic heterocycles. The number of nitrogens with zero attached hydrogens (tertiary/aromatic N) is 2. The molecule has 4 aromatic rings. The number of nitrogens with one attached hydrogen (secondary N) is 2. The molecule has 0 spiro atoms. The molecule has 0 fully saturated rings. The van der Waals surface area contributed by atoms with Crippen molar-refractivity contribution in [2.45, 2.75) is 0 Å². The first-order chi connectivity index (χ1) is 13.6. The van der Waals surface area contributed by atoms with Crippen molar-refractivity contribution in [2.75, 3.05) is 0 Å². The lowest BCUT2D eigenvalue weighted by atomic mass is 10.2. The Morgan fingerprint density at radius 3 is 2.79 bits per heavy atom. The number of fused-ring (bicyclic) bond motifs is 1. The third-order valence-corrected chi connectivity index (χ3v) is 4.62. The van der Waals surface area contributed by atoms with Gasteiger partial charge in [-0.15, -0.1) is 0 Å². The topological polar surface area (TPSA) is 90.4 Å². The van der Waals surface area contributed by atoms with Gasteiger partial charge in [-0.3, -0.25) is 4.79 Å². The Morgan fingerprint density at radius 1 is 1.11 bits per heavy atom. The number of carbonyl (C=O) groups excluding carboxylic acids is 1. The number of rotatable bonds is 4. The summed E-state index contributed by atoms with van der Waals surface area (Å²) in [4.78, 5) is 20.0. The number of aromatic amines is 1. The lowest BCUT2D eigenvalue weighted by molar-refractivity contribution is 0.0955. The number of carbonyl (C=O) groups is 1. The molecule has 4 rings (SSSR count). The maximum absolute atomic E-state index is 12.4. The van der Waals surface area contributed by atoms with Gasteiger partial charge >= 0.3 is 0 Å². The van der Waals surface area contributed by atoms with Crippen molar-refractivity contribution >= 4 is 39.1 Å². The zero-order chi connectivity index (χ0) is 19.5. The zero-order valence-electron chi connectivity index (χ0n) is 14.6. The monoisotopic (exact) mass is 434 g/mol. The second-order valence-electron chi connectivity index (χ2n) is 6.09. The van der Waals surface area contributed by atoms with Crippen LogP contribution >= 0.6 is 15.9 Å². The van der Waals surface area contributed by atoms with Gasteiger partial charge in [0.1, 0.15) is 11.6 Å². The SMILES string of the molecule is O=C(N/N=C/c1cccc(Br)c1)c1ccc2nc(-c3ccccc3O)[nH]c2c1. The van der Waals surface area contributed by atoms with Gasteiger partial charge in [0.15, 0.2) is 0 Å². The normalized spacial score (nSPS) is 11.2. The molecule has 3 aromatic carbocycles.